The summed E-state index contributed by atoms with van der Waals surface area (Å²) in [6, 6.07) is 6.96. The fourth-order valence-corrected chi connectivity index (χ4v) is 3.50. The monoisotopic (exact) mass is 372 g/mol. The molecule has 0 saturated heterocycles. The normalized spacial score (nSPS) is 11.0. The summed E-state index contributed by atoms with van der Waals surface area (Å²) in [6.45, 7) is 3.46. The van der Waals surface area contributed by atoms with Crippen LogP contribution in [-0.4, -0.2) is 38.2 Å². The van der Waals surface area contributed by atoms with Gasteiger partial charge in [0.1, 0.15) is 9.71 Å². The number of ether oxygens (including phenoxy) is 3. The summed E-state index contributed by atoms with van der Waals surface area (Å²) in [5, 5.41) is 10.6. The van der Waals surface area contributed by atoms with Crippen molar-refractivity contribution in [1.82, 2.24) is 4.98 Å². The fourth-order valence-electron chi connectivity index (χ4n) is 2.54. The van der Waals surface area contributed by atoms with E-state index in [1.807, 2.05) is 18.2 Å². The zero-order valence-electron chi connectivity index (χ0n) is 14.6. The lowest BCUT2D eigenvalue weighted by Crippen LogP contribution is -1.89. The number of aromatic hydroxyl groups is 1. The molecule has 0 fully saturated rings. The lowest BCUT2D eigenvalue weighted by Gasteiger charge is -2.02. The van der Waals surface area contributed by atoms with E-state index in [-0.39, 0.29) is 5.75 Å². The molecule has 2 aromatic carbocycles. The number of rotatable bonds is 6. The SMILES string of the molecule is C=[O+]c1c(OC)cc2nc(/C=C/c3ccc(OC)c(O)c3)sc2c1OC. The second kappa shape index (κ2) is 7.45. The molecule has 0 atom stereocenters. The summed E-state index contributed by atoms with van der Waals surface area (Å²) >= 11 is 1.45. The predicted octanol–water partition coefficient (Wildman–Crippen LogP) is 4.28. The third-order valence-electron chi connectivity index (χ3n) is 3.76. The first-order valence-corrected chi connectivity index (χ1v) is 8.45. The summed E-state index contributed by atoms with van der Waals surface area (Å²) in [5.41, 5.74) is 1.57. The van der Waals surface area contributed by atoms with Gasteiger partial charge >= 0.3 is 5.75 Å². The third-order valence-corrected chi connectivity index (χ3v) is 4.80. The lowest BCUT2D eigenvalue weighted by atomic mass is 10.2. The van der Waals surface area contributed by atoms with Crippen LogP contribution < -0.4 is 14.2 Å². The number of methoxy groups -OCH3 is 3. The van der Waals surface area contributed by atoms with Gasteiger partial charge in [0.15, 0.2) is 11.5 Å². The van der Waals surface area contributed by atoms with Crippen LogP contribution in [0, 0.1) is 0 Å². The molecule has 1 aromatic heterocycles. The lowest BCUT2D eigenvalue weighted by molar-refractivity contribution is -0.357. The number of hydrogen-bond acceptors (Lipinski definition) is 6. The van der Waals surface area contributed by atoms with E-state index in [1.54, 1.807) is 32.4 Å². The summed E-state index contributed by atoms with van der Waals surface area (Å²) in [5.74, 6) is 1.99. The first kappa shape index (κ1) is 17.8. The molecule has 1 N–H and O–H groups in total. The van der Waals surface area contributed by atoms with Crippen LogP contribution >= 0.6 is 11.3 Å². The first-order valence-electron chi connectivity index (χ1n) is 7.64. The summed E-state index contributed by atoms with van der Waals surface area (Å²) < 4.78 is 21.8. The highest BCUT2D eigenvalue weighted by Crippen LogP contribution is 2.45. The van der Waals surface area contributed by atoms with E-state index in [4.69, 9.17) is 18.6 Å². The Morgan fingerprint density at radius 3 is 2.46 bits per heavy atom. The van der Waals surface area contributed by atoms with Crippen LogP contribution in [0.1, 0.15) is 10.6 Å². The van der Waals surface area contributed by atoms with E-state index < -0.39 is 0 Å². The maximum atomic E-state index is 9.86. The molecule has 0 amide bonds. The maximum absolute atomic E-state index is 9.86. The highest BCUT2D eigenvalue weighted by Gasteiger charge is 2.25. The van der Waals surface area contributed by atoms with Crippen molar-refractivity contribution in [3.05, 3.63) is 34.8 Å². The largest absolute Gasteiger partial charge is 0.504 e. The number of aromatic nitrogens is 1. The number of benzene rings is 2. The molecule has 6 nitrogen and oxygen atoms in total. The molecule has 3 rings (SSSR count). The van der Waals surface area contributed by atoms with Gasteiger partial charge in [-0.2, -0.15) is 0 Å². The number of thiazole rings is 1. The molecule has 0 saturated carbocycles. The summed E-state index contributed by atoms with van der Waals surface area (Å²) in [7, 11) is 4.62. The Bertz CT molecular complexity index is 993. The number of hydrogen-bond donors (Lipinski definition) is 1. The van der Waals surface area contributed by atoms with Crippen molar-refractivity contribution in [2.75, 3.05) is 21.3 Å². The molecule has 0 aliphatic carbocycles. The molecule has 26 heavy (non-hydrogen) atoms. The summed E-state index contributed by atoms with van der Waals surface area (Å²) in [4.78, 5) is 4.59. The molecule has 1 heterocycles. The minimum Gasteiger partial charge on any atom is -0.504 e. The molecule has 0 aliphatic heterocycles. The van der Waals surface area contributed by atoms with Crippen molar-refractivity contribution in [2.45, 2.75) is 0 Å². The van der Waals surface area contributed by atoms with Crippen LogP contribution in [0.25, 0.3) is 22.4 Å². The van der Waals surface area contributed by atoms with Crippen molar-refractivity contribution in [2.24, 2.45) is 0 Å². The Labute approximate surface area is 154 Å². The predicted molar refractivity (Wildman–Crippen MR) is 103 cm³/mol. The van der Waals surface area contributed by atoms with Gasteiger partial charge in [-0.15, -0.1) is 11.3 Å². The maximum Gasteiger partial charge on any atom is 0.435 e. The fraction of sp³-hybridized carbons (Fsp3) is 0.158. The molecule has 3 aromatic rings. The molecule has 0 radical (unpaired) electrons. The van der Waals surface area contributed by atoms with Crippen LogP contribution in [0.15, 0.2) is 24.3 Å². The number of fused-ring (bicyclic) bond motifs is 1. The van der Waals surface area contributed by atoms with Crippen LogP contribution in [-0.2, 0) is 4.42 Å². The Morgan fingerprint density at radius 1 is 1.08 bits per heavy atom. The van der Waals surface area contributed by atoms with Crippen LogP contribution in [0.3, 0.4) is 0 Å². The van der Waals surface area contributed by atoms with E-state index in [1.165, 1.54) is 18.4 Å². The second-order valence-corrected chi connectivity index (χ2v) is 6.28. The van der Waals surface area contributed by atoms with Gasteiger partial charge in [0.25, 0.3) is 6.79 Å². The highest BCUT2D eigenvalue weighted by atomic mass is 32.1. The van der Waals surface area contributed by atoms with Crippen LogP contribution in [0.5, 0.6) is 28.7 Å². The van der Waals surface area contributed by atoms with Gasteiger partial charge in [0.2, 0.25) is 11.5 Å². The van der Waals surface area contributed by atoms with Crippen LogP contribution in [0.4, 0.5) is 0 Å². The van der Waals surface area contributed by atoms with Gasteiger partial charge in [-0.05, 0) is 23.8 Å². The molecule has 0 spiro atoms. The summed E-state index contributed by atoms with van der Waals surface area (Å²) in [6.07, 6.45) is 3.72. The van der Waals surface area contributed by atoms with E-state index in [0.29, 0.717) is 23.0 Å². The average molecular weight is 372 g/mol. The minimum atomic E-state index is 0.0857. The van der Waals surface area contributed by atoms with E-state index in [9.17, 15) is 5.11 Å². The molecule has 7 heteroatoms. The van der Waals surface area contributed by atoms with Crippen molar-refractivity contribution >= 4 is 40.5 Å². The number of carbonyl (C=O) groups excluding carboxylic acids is 1. The van der Waals surface area contributed by atoms with Crippen molar-refractivity contribution in [3.8, 4) is 28.7 Å². The van der Waals surface area contributed by atoms with Crippen molar-refractivity contribution < 1.29 is 23.7 Å². The number of phenolic OH excluding ortho intramolecular Hbond substituents is 1. The second-order valence-electron chi connectivity index (χ2n) is 5.25. The zero-order chi connectivity index (χ0) is 18.7. The number of nitrogens with zero attached hydrogens (tertiary/aromatic N) is 1. The first-order chi connectivity index (χ1) is 12.6. The quantitative estimate of drug-likeness (QED) is 0.654. The standard InChI is InChI=1S/C19H17NO5S/c1-22-14-7-5-11(9-13(14)21)6-8-16-20-12-10-15(23-2)17(24-3)18(25-4)19(12)26-16/h5-10H,3H2,1-2,4H3/p+1/b8-6+. The van der Waals surface area contributed by atoms with Crippen molar-refractivity contribution in [3.63, 3.8) is 0 Å². The van der Waals surface area contributed by atoms with Gasteiger partial charge in [-0.1, -0.05) is 12.1 Å². The smallest absolute Gasteiger partial charge is 0.435 e. The van der Waals surface area contributed by atoms with Gasteiger partial charge in [-0.3, -0.25) is 0 Å². The third kappa shape index (κ3) is 3.21. The van der Waals surface area contributed by atoms with E-state index >= 15 is 0 Å². The van der Waals surface area contributed by atoms with Crippen LogP contribution in [0.2, 0.25) is 0 Å². The molecular weight excluding hydrogens is 354 g/mol. The van der Waals surface area contributed by atoms with Crippen molar-refractivity contribution in [1.29, 1.82) is 0 Å². The Hall–Kier alpha value is -3.06. The molecule has 134 valence electrons. The molecule has 0 bridgehead atoms. The highest BCUT2D eigenvalue weighted by molar-refractivity contribution is 7.19. The molecule has 0 unspecified atom stereocenters. The Balaban J connectivity index is 2.01. The van der Waals surface area contributed by atoms with Gasteiger partial charge in [0.05, 0.1) is 26.8 Å². The minimum absolute atomic E-state index is 0.0857. The Morgan fingerprint density at radius 2 is 1.85 bits per heavy atom. The average Bonchev–Trinajstić information content (AvgIpc) is 3.07. The van der Waals surface area contributed by atoms with Gasteiger partial charge in [-0.25, -0.2) is 9.41 Å². The molecule has 0 aliphatic rings. The van der Waals surface area contributed by atoms with Gasteiger partial charge in [0, 0.05) is 6.07 Å². The van der Waals surface area contributed by atoms with E-state index in [0.717, 1.165) is 20.8 Å². The topological polar surface area (TPSA) is 72.1 Å². The number of phenols is 1. The molecular formula is C19H18NO5S+. The zero-order valence-corrected chi connectivity index (χ0v) is 15.4. The Kier molecular flexibility index (Phi) is 5.09. The van der Waals surface area contributed by atoms with Gasteiger partial charge < -0.3 is 19.3 Å². The van der Waals surface area contributed by atoms with E-state index in [2.05, 4.69) is 11.8 Å².